The highest BCUT2D eigenvalue weighted by atomic mass is 14.8. The van der Waals surface area contributed by atoms with Crippen molar-refractivity contribution < 1.29 is 0 Å². The zero-order valence-corrected chi connectivity index (χ0v) is 7.57. The molecular weight excluding hydrogens is 120 g/mol. The third-order valence-electron chi connectivity index (χ3n) is 4.56. The van der Waals surface area contributed by atoms with Gasteiger partial charge in [0.1, 0.15) is 0 Å². The first kappa shape index (κ1) is 6.69. The van der Waals surface area contributed by atoms with E-state index >= 15 is 0 Å². The minimum Gasteiger partial charge on any atom is -0.0649 e. The van der Waals surface area contributed by atoms with Gasteiger partial charge in [-0.25, -0.2) is 0 Å². The topological polar surface area (TPSA) is 0 Å². The molecule has 2 fully saturated rings. The van der Waals surface area contributed by atoms with E-state index in [1.165, 1.54) is 6.42 Å². The second-order valence-electron chi connectivity index (χ2n) is 4.97. The summed E-state index contributed by atoms with van der Waals surface area (Å²) in [4.78, 5) is 0. The monoisotopic (exact) mass is 138 g/mol. The minimum absolute atomic E-state index is 0.612. The molecule has 2 aliphatic carbocycles. The van der Waals surface area contributed by atoms with Crippen LogP contribution in [0.15, 0.2) is 0 Å². The first-order chi connectivity index (χ1) is 4.54. The van der Waals surface area contributed by atoms with Gasteiger partial charge >= 0.3 is 0 Å². The zero-order valence-electron chi connectivity index (χ0n) is 7.57. The molecule has 2 saturated carbocycles. The molecule has 2 atom stereocenters. The van der Waals surface area contributed by atoms with Crippen molar-refractivity contribution >= 4 is 0 Å². The highest BCUT2D eigenvalue weighted by molar-refractivity contribution is 5.25. The van der Waals surface area contributed by atoms with Crippen LogP contribution in [0.2, 0.25) is 0 Å². The summed E-state index contributed by atoms with van der Waals surface area (Å²) in [5, 5.41) is 0. The lowest BCUT2D eigenvalue weighted by molar-refractivity contribution is 0.135. The van der Waals surface area contributed by atoms with Crippen LogP contribution in [0.5, 0.6) is 0 Å². The predicted octanol–water partition coefficient (Wildman–Crippen LogP) is 3.08. The summed E-state index contributed by atoms with van der Waals surface area (Å²) in [5.41, 5.74) is 1.36. The number of hydrogen-bond acceptors (Lipinski definition) is 0. The van der Waals surface area contributed by atoms with Gasteiger partial charge in [0.2, 0.25) is 0 Å². The van der Waals surface area contributed by atoms with Gasteiger partial charge in [-0.05, 0) is 29.1 Å². The van der Waals surface area contributed by atoms with E-state index in [9.17, 15) is 0 Å². The Kier molecular flexibility index (Phi) is 0.964. The zero-order chi connectivity index (χ0) is 7.57. The fourth-order valence-corrected chi connectivity index (χ4v) is 2.61. The quantitative estimate of drug-likeness (QED) is 0.550. The summed E-state index contributed by atoms with van der Waals surface area (Å²) < 4.78 is 0. The Labute approximate surface area is 64.0 Å². The normalized spacial score (nSPS) is 50.4. The highest BCUT2D eigenvalue weighted by Gasteiger charge is 2.77. The third kappa shape index (κ3) is 0.500. The van der Waals surface area contributed by atoms with Gasteiger partial charge in [0.05, 0.1) is 0 Å². The van der Waals surface area contributed by atoms with Crippen molar-refractivity contribution in [3.8, 4) is 0 Å². The predicted molar refractivity (Wildman–Crippen MR) is 43.8 cm³/mol. The molecule has 58 valence electrons. The fourth-order valence-electron chi connectivity index (χ4n) is 2.61. The van der Waals surface area contributed by atoms with Gasteiger partial charge in [0.25, 0.3) is 0 Å². The van der Waals surface area contributed by atoms with Crippen LogP contribution >= 0.6 is 0 Å². The third-order valence-corrected chi connectivity index (χ3v) is 4.56. The van der Waals surface area contributed by atoms with Crippen molar-refractivity contribution in [1.29, 1.82) is 0 Å². The van der Waals surface area contributed by atoms with E-state index in [4.69, 9.17) is 0 Å². The molecule has 0 bridgehead atoms. The van der Waals surface area contributed by atoms with Gasteiger partial charge in [0, 0.05) is 0 Å². The van der Waals surface area contributed by atoms with Crippen LogP contribution in [0.4, 0.5) is 0 Å². The Hall–Kier alpha value is 0. The molecule has 2 unspecified atom stereocenters. The smallest absolute Gasteiger partial charge is 0.0212 e. The lowest BCUT2D eigenvalue weighted by Gasteiger charge is -2.35. The molecule has 0 heteroatoms. The number of hydrogen-bond donors (Lipinski definition) is 0. The van der Waals surface area contributed by atoms with Crippen LogP contribution < -0.4 is 0 Å². The van der Waals surface area contributed by atoms with Gasteiger partial charge in [-0.15, -0.1) is 0 Å². The van der Waals surface area contributed by atoms with Crippen LogP contribution in [0.25, 0.3) is 0 Å². The molecule has 0 spiro atoms. The fraction of sp³-hybridized carbons (Fsp3) is 1.00. The standard InChI is InChI=1S/C10H18/c1-5-9(2,3)10(4)7-6-8(7)10/h7-8H,5-6H2,1-4H3. The average Bonchev–Trinajstić information content (AvgIpc) is 2.71. The first-order valence-electron chi connectivity index (χ1n) is 4.54. The van der Waals surface area contributed by atoms with Crippen molar-refractivity contribution in [2.45, 2.75) is 40.5 Å². The van der Waals surface area contributed by atoms with E-state index in [0.29, 0.717) is 5.41 Å². The highest BCUT2D eigenvalue weighted by Crippen LogP contribution is 2.83. The molecule has 0 aliphatic heterocycles. The Morgan fingerprint density at radius 1 is 1.40 bits per heavy atom. The van der Waals surface area contributed by atoms with E-state index in [1.54, 1.807) is 6.42 Å². The SMILES string of the molecule is CCC(C)(C)C1(C)C2CC21. The number of fused-ring (bicyclic) bond motifs is 1. The molecular formula is C10H18. The lowest BCUT2D eigenvalue weighted by Crippen LogP contribution is -2.28. The van der Waals surface area contributed by atoms with Gasteiger partial charge < -0.3 is 0 Å². The molecule has 0 N–H and O–H groups in total. The van der Waals surface area contributed by atoms with Crippen LogP contribution in [-0.2, 0) is 0 Å². The average molecular weight is 138 g/mol. The molecule has 2 aliphatic rings. The lowest BCUT2D eigenvalue weighted by atomic mass is 9.69. The van der Waals surface area contributed by atoms with Gasteiger partial charge in [-0.2, -0.15) is 0 Å². The molecule has 0 aromatic heterocycles. The Balaban J connectivity index is 2.11. The molecule has 0 aromatic rings. The summed E-state index contributed by atoms with van der Waals surface area (Å²) in [6.07, 6.45) is 2.89. The van der Waals surface area contributed by atoms with Crippen molar-refractivity contribution in [1.82, 2.24) is 0 Å². The summed E-state index contributed by atoms with van der Waals surface area (Å²) in [6, 6.07) is 0. The molecule has 0 nitrogen and oxygen atoms in total. The van der Waals surface area contributed by atoms with Crippen LogP contribution in [0, 0.1) is 22.7 Å². The van der Waals surface area contributed by atoms with Crippen molar-refractivity contribution in [3.63, 3.8) is 0 Å². The molecule has 10 heavy (non-hydrogen) atoms. The molecule has 0 aromatic carbocycles. The van der Waals surface area contributed by atoms with Crippen LogP contribution in [-0.4, -0.2) is 0 Å². The maximum atomic E-state index is 2.48. The number of rotatable bonds is 2. The van der Waals surface area contributed by atoms with Crippen molar-refractivity contribution in [3.05, 3.63) is 0 Å². The van der Waals surface area contributed by atoms with Crippen molar-refractivity contribution in [2.24, 2.45) is 22.7 Å². The summed E-state index contributed by atoms with van der Waals surface area (Å²) >= 11 is 0. The largest absolute Gasteiger partial charge is 0.0649 e. The van der Waals surface area contributed by atoms with E-state index in [1.807, 2.05) is 0 Å². The molecule has 0 amide bonds. The van der Waals surface area contributed by atoms with E-state index in [-0.39, 0.29) is 0 Å². The van der Waals surface area contributed by atoms with Crippen molar-refractivity contribution in [2.75, 3.05) is 0 Å². The van der Waals surface area contributed by atoms with Gasteiger partial charge in [-0.3, -0.25) is 0 Å². The Morgan fingerprint density at radius 3 is 2.00 bits per heavy atom. The maximum absolute atomic E-state index is 2.48. The van der Waals surface area contributed by atoms with E-state index in [0.717, 1.165) is 17.3 Å². The Morgan fingerprint density at radius 2 is 1.90 bits per heavy atom. The molecule has 0 radical (unpaired) electrons. The first-order valence-corrected chi connectivity index (χ1v) is 4.54. The maximum Gasteiger partial charge on any atom is -0.0212 e. The minimum atomic E-state index is 0.612. The second-order valence-corrected chi connectivity index (χ2v) is 4.97. The summed E-state index contributed by atoms with van der Waals surface area (Å²) in [5.74, 6) is 2.25. The van der Waals surface area contributed by atoms with E-state index < -0.39 is 0 Å². The van der Waals surface area contributed by atoms with Gasteiger partial charge in [-0.1, -0.05) is 34.1 Å². The molecule has 0 heterocycles. The van der Waals surface area contributed by atoms with Crippen LogP contribution in [0.3, 0.4) is 0 Å². The van der Waals surface area contributed by atoms with E-state index in [2.05, 4.69) is 27.7 Å². The van der Waals surface area contributed by atoms with Crippen LogP contribution in [0.1, 0.15) is 40.5 Å². The summed E-state index contributed by atoms with van der Waals surface area (Å²) in [7, 11) is 0. The summed E-state index contributed by atoms with van der Waals surface area (Å²) in [6.45, 7) is 9.66. The Bertz CT molecular complexity index is 156. The molecule has 0 saturated heterocycles. The molecule has 2 rings (SSSR count). The van der Waals surface area contributed by atoms with Gasteiger partial charge in [0.15, 0.2) is 0 Å². The second kappa shape index (κ2) is 1.44.